The lowest BCUT2D eigenvalue weighted by molar-refractivity contribution is -0.0439. The van der Waals surface area contributed by atoms with E-state index in [-0.39, 0.29) is 12.1 Å². The molecule has 0 aromatic heterocycles. The first kappa shape index (κ1) is 15.2. The highest BCUT2D eigenvalue weighted by atomic mass is 19.3. The second kappa shape index (κ2) is 6.99. The summed E-state index contributed by atoms with van der Waals surface area (Å²) in [5, 5.41) is 3.34. The van der Waals surface area contributed by atoms with Gasteiger partial charge in [-0.15, -0.1) is 0 Å². The average molecular weight is 285 g/mol. The van der Waals surface area contributed by atoms with Crippen molar-refractivity contribution in [2.24, 2.45) is 0 Å². The highest BCUT2D eigenvalue weighted by molar-refractivity contribution is 5.40. The molecule has 5 heteroatoms. The lowest BCUT2D eigenvalue weighted by Crippen LogP contribution is -2.38. The first-order chi connectivity index (χ1) is 9.65. The van der Waals surface area contributed by atoms with Crippen LogP contribution in [0, 0.1) is 0 Å². The minimum atomic E-state index is -2.42. The SMILES string of the molecule is CCNC1c2ccc(OC)cc2CCC1OCC(F)F. The van der Waals surface area contributed by atoms with Crippen molar-refractivity contribution in [2.45, 2.75) is 38.3 Å². The summed E-state index contributed by atoms with van der Waals surface area (Å²) in [7, 11) is 1.64. The van der Waals surface area contributed by atoms with Gasteiger partial charge in [0.15, 0.2) is 0 Å². The molecule has 0 heterocycles. The first-order valence-electron chi connectivity index (χ1n) is 6.95. The van der Waals surface area contributed by atoms with Gasteiger partial charge in [0.1, 0.15) is 12.4 Å². The third kappa shape index (κ3) is 3.46. The minimum Gasteiger partial charge on any atom is -0.497 e. The Balaban J connectivity index is 2.18. The maximum atomic E-state index is 12.3. The Labute approximate surface area is 118 Å². The van der Waals surface area contributed by atoms with Gasteiger partial charge in [-0.25, -0.2) is 8.78 Å². The van der Waals surface area contributed by atoms with E-state index in [1.807, 2.05) is 25.1 Å². The van der Waals surface area contributed by atoms with Crippen molar-refractivity contribution >= 4 is 0 Å². The zero-order chi connectivity index (χ0) is 14.5. The van der Waals surface area contributed by atoms with Crippen LogP contribution in [-0.2, 0) is 11.2 Å². The number of nitrogens with one attached hydrogen (secondary N) is 1. The summed E-state index contributed by atoms with van der Waals surface area (Å²) < 4.78 is 35.3. The Morgan fingerprint density at radius 1 is 1.40 bits per heavy atom. The molecule has 1 N–H and O–H groups in total. The van der Waals surface area contributed by atoms with Crippen LogP contribution < -0.4 is 10.1 Å². The van der Waals surface area contributed by atoms with Crippen LogP contribution in [-0.4, -0.2) is 32.8 Å². The molecule has 1 aliphatic rings. The van der Waals surface area contributed by atoms with E-state index in [0.717, 1.165) is 30.7 Å². The number of methoxy groups -OCH3 is 1. The molecule has 3 nitrogen and oxygen atoms in total. The van der Waals surface area contributed by atoms with Crippen LogP contribution in [0.25, 0.3) is 0 Å². The number of hydrogen-bond acceptors (Lipinski definition) is 3. The van der Waals surface area contributed by atoms with Crippen molar-refractivity contribution in [1.29, 1.82) is 0 Å². The van der Waals surface area contributed by atoms with Crippen molar-refractivity contribution in [2.75, 3.05) is 20.3 Å². The Morgan fingerprint density at radius 3 is 2.85 bits per heavy atom. The van der Waals surface area contributed by atoms with Crippen molar-refractivity contribution in [1.82, 2.24) is 5.32 Å². The number of halogens is 2. The number of aryl methyl sites for hydroxylation is 1. The van der Waals surface area contributed by atoms with Gasteiger partial charge in [0.2, 0.25) is 0 Å². The number of hydrogen-bond donors (Lipinski definition) is 1. The zero-order valence-corrected chi connectivity index (χ0v) is 11.9. The van der Waals surface area contributed by atoms with Gasteiger partial charge in [-0.2, -0.15) is 0 Å². The van der Waals surface area contributed by atoms with E-state index in [9.17, 15) is 8.78 Å². The summed E-state index contributed by atoms with van der Waals surface area (Å²) in [5.74, 6) is 0.825. The van der Waals surface area contributed by atoms with Gasteiger partial charge < -0.3 is 14.8 Å². The molecule has 1 aromatic rings. The minimum absolute atomic E-state index is 0.0339. The van der Waals surface area contributed by atoms with Gasteiger partial charge in [-0.3, -0.25) is 0 Å². The Bertz CT molecular complexity index is 440. The first-order valence-corrected chi connectivity index (χ1v) is 6.95. The summed E-state index contributed by atoms with van der Waals surface area (Å²) in [6, 6.07) is 5.88. The molecule has 0 aliphatic heterocycles. The number of benzene rings is 1. The van der Waals surface area contributed by atoms with E-state index >= 15 is 0 Å². The molecule has 0 amide bonds. The third-order valence-corrected chi connectivity index (χ3v) is 3.62. The van der Waals surface area contributed by atoms with Gasteiger partial charge in [0.25, 0.3) is 6.43 Å². The number of ether oxygens (including phenoxy) is 2. The van der Waals surface area contributed by atoms with Crippen molar-refractivity contribution < 1.29 is 18.3 Å². The third-order valence-electron chi connectivity index (χ3n) is 3.62. The van der Waals surface area contributed by atoms with Crippen LogP contribution in [0.4, 0.5) is 8.78 Å². The fraction of sp³-hybridized carbons (Fsp3) is 0.600. The summed E-state index contributed by atoms with van der Waals surface area (Å²) >= 11 is 0. The molecule has 0 radical (unpaired) electrons. The van der Waals surface area contributed by atoms with E-state index < -0.39 is 13.0 Å². The Morgan fingerprint density at radius 2 is 2.20 bits per heavy atom. The van der Waals surface area contributed by atoms with Gasteiger partial charge in [0.05, 0.1) is 19.3 Å². The molecule has 2 unspecified atom stereocenters. The molecule has 0 saturated carbocycles. The number of alkyl halides is 2. The molecular weight excluding hydrogens is 264 g/mol. The highest BCUT2D eigenvalue weighted by Crippen LogP contribution is 2.34. The van der Waals surface area contributed by atoms with E-state index in [1.54, 1.807) is 7.11 Å². The monoisotopic (exact) mass is 285 g/mol. The number of likely N-dealkylation sites (N-methyl/N-ethyl adjacent to an activating group) is 1. The molecule has 1 aromatic carbocycles. The second-order valence-electron chi connectivity index (χ2n) is 4.90. The molecule has 20 heavy (non-hydrogen) atoms. The molecule has 2 rings (SSSR count). The van der Waals surface area contributed by atoms with Crippen LogP contribution in [0.15, 0.2) is 18.2 Å². The number of rotatable bonds is 6. The molecule has 112 valence electrons. The Hall–Kier alpha value is -1.20. The zero-order valence-electron chi connectivity index (χ0n) is 11.9. The fourth-order valence-corrected chi connectivity index (χ4v) is 2.73. The van der Waals surface area contributed by atoms with E-state index in [2.05, 4.69) is 5.32 Å². The molecular formula is C15H21F2NO2. The predicted molar refractivity (Wildman–Crippen MR) is 73.5 cm³/mol. The van der Waals surface area contributed by atoms with Gasteiger partial charge in [-0.1, -0.05) is 13.0 Å². The number of fused-ring (bicyclic) bond motifs is 1. The maximum Gasteiger partial charge on any atom is 0.261 e. The van der Waals surface area contributed by atoms with Crippen LogP contribution >= 0.6 is 0 Å². The lowest BCUT2D eigenvalue weighted by atomic mass is 9.85. The summed E-state index contributed by atoms with van der Waals surface area (Å²) in [5.41, 5.74) is 2.32. The molecule has 1 aliphatic carbocycles. The van der Waals surface area contributed by atoms with Crippen LogP contribution in [0.3, 0.4) is 0 Å². The Kier molecular flexibility index (Phi) is 5.31. The van der Waals surface area contributed by atoms with E-state index in [0.29, 0.717) is 0 Å². The molecule has 0 saturated heterocycles. The smallest absolute Gasteiger partial charge is 0.261 e. The second-order valence-corrected chi connectivity index (χ2v) is 4.90. The topological polar surface area (TPSA) is 30.5 Å². The summed E-state index contributed by atoms with van der Waals surface area (Å²) in [6.07, 6.45) is -1.06. The van der Waals surface area contributed by atoms with Gasteiger partial charge in [0, 0.05) is 0 Å². The predicted octanol–water partition coefficient (Wildman–Crippen LogP) is 2.94. The quantitative estimate of drug-likeness (QED) is 0.871. The summed E-state index contributed by atoms with van der Waals surface area (Å²) in [4.78, 5) is 0. The van der Waals surface area contributed by atoms with Crippen LogP contribution in [0.2, 0.25) is 0 Å². The molecule has 0 fully saturated rings. The van der Waals surface area contributed by atoms with Crippen molar-refractivity contribution in [3.8, 4) is 5.75 Å². The molecule has 2 atom stereocenters. The van der Waals surface area contributed by atoms with Crippen LogP contribution in [0.5, 0.6) is 5.75 Å². The molecule has 0 spiro atoms. The largest absolute Gasteiger partial charge is 0.497 e. The van der Waals surface area contributed by atoms with Gasteiger partial charge in [-0.05, 0) is 42.6 Å². The van der Waals surface area contributed by atoms with E-state index in [1.165, 1.54) is 5.56 Å². The lowest BCUT2D eigenvalue weighted by Gasteiger charge is -2.34. The van der Waals surface area contributed by atoms with Crippen molar-refractivity contribution in [3.63, 3.8) is 0 Å². The van der Waals surface area contributed by atoms with Gasteiger partial charge >= 0.3 is 0 Å². The van der Waals surface area contributed by atoms with Crippen molar-refractivity contribution in [3.05, 3.63) is 29.3 Å². The highest BCUT2D eigenvalue weighted by Gasteiger charge is 2.30. The maximum absolute atomic E-state index is 12.3. The average Bonchev–Trinajstić information content (AvgIpc) is 2.45. The summed E-state index contributed by atoms with van der Waals surface area (Å²) in [6.45, 7) is 2.27. The standard InChI is InChI=1S/C15H21F2NO2/c1-3-18-15-12-6-5-11(19-2)8-10(12)4-7-13(15)20-9-14(16)17/h5-6,8,13-15,18H,3-4,7,9H2,1-2H3. The normalized spacial score (nSPS) is 21.9. The van der Waals surface area contributed by atoms with E-state index in [4.69, 9.17) is 9.47 Å². The fourth-order valence-electron chi connectivity index (χ4n) is 2.73. The molecule has 0 bridgehead atoms. The van der Waals surface area contributed by atoms with Crippen LogP contribution in [0.1, 0.15) is 30.5 Å².